The summed E-state index contributed by atoms with van der Waals surface area (Å²) in [7, 11) is 2.93. The number of rotatable bonds is 3. The van der Waals surface area contributed by atoms with E-state index in [4.69, 9.17) is 4.52 Å². The van der Waals surface area contributed by atoms with Crippen molar-refractivity contribution in [1.29, 1.82) is 0 Å². The van der Waals surface area contributed by atoms with Crippen LogP contribution in [0.4, 0.5) is 13.2 Å². The Morgan fingerprint density at radius 2 is 2.00 bits per heavy atom. The molecule has 29 heavy (non-hydrogen) atoms. The summed E-state index contributed by atoms with van der Waals surface area (Å²) in [5.41, 5.74) is 0.838. The number of carbonyl (C=O) groups excluding carboxylic acids is 1. The first-order valence-corrected chi connectivity index (χ1v) is 9.04. The molecule has 0 bridgehead atoms. The first-order chi connectivity index (χ1) is 13.6. The normalized spacial score (nSPS) is 17.3. The SMILES string of the molecule is Cc1cc(-c2cn(C)nc2[C@@H]2CCCN2C(=O)c2cc(C(F)(F)F)n(C)n2)on1. The van der Waals surface area contributed by atoms with Crippen molar-refractivity contribution in [2.45, 2.75) is 32.0 Å². The Kier molecular flexibility index (Phi) is 4.47. The van der Waals surface area contributed by atoms with Crippen molar-refractivity contribution < 1.29 is 22.5 Å². The molecule has 0 aromatic carbocycles. The third-order valence-electron chi connectivity index (χ3n) is 4.97. The van der Waals surface area contributed by atoms with Crippen molar-refractivity contribution in [3.05, 3.63) is 41.1 Å². The molecule has 154 valence electrons. The monoisotopic (exact) mass is 408 g/mol. The first kappa shape index (κ1) is 19.2. The standard InChI is InChI=1S/C18H19F3N6O2/c1-10-7-14(29-24-10)11-9-25(2)23-16(11)13-5-4-6-27(13)17(28)12-8-15(18(19,20)21)26(3)22-12/h7-9,13H,4-6H2,1-3H3/t13-/m0/s1. The molecule has 1 atom stereocenters. The molecule has 1 aliphatic rings. The second-order valence-electron chi connectivity index (χ2n) is 7.13. The molecule has 0 saturated carbocycles. The Morgan fingerprint density at radius 3 is 2.62 bits per heavy atom. The van der Waals surface area contributed by atoms with E-state index in [-0.39, 0.29) is 11.7 Å². The number of hydrogen-bond acceptors (Lipinski definition) is 5. The molecule has 1 aliphatic heterocycles. The summed E-state index contributed by atoms with van der Waals surface area (Å²) in [5.74, 6) is -0.0222. The summed E-state index contributed by atoms with van der Waals surface area (Å²) in [6, 6.07) is 2.17. The predicted octanol–water partition coefficient (Wildman–Crippen LogP) is 3.11. The van der Waals surface area contributed by atoms with Crippen LogP contribution in [0.25, 0.3) is 11.3 Å². The number of alkyl halides is 3. The number of likely N-dealkylation sites (tertiary alicyclic amines) is 1. The zero-order chi connectivity index (χ0) is 20.9. The van der Waals surface area contributed by atoms with Gasteiger partial charge in [0.2, 0.25) is 0 Å². The molecule has 3 aromatic rings. The van der Waals surface area contributed by atoms with E-state index in [2.05, 4.69) is 15.4 Å². The van der Waals surface area contributed by atoms with Gasteiger partial charge in [0.15, 0.2) is 11.5 Å². The predicted molar refractivity (Wildman–Crippen MR) is 94.7 cm³/mol. The number of hydrogen-bond donors (Lipinski definition) is 0. The van der Waals surface area contributed by atoms with Crippen LogP contribution >= 0.6 is 0 Å². The van der Waals surface area contributed by atoms with Crippen LogP contribution in [0.3, 0.4) is 0 Å². The van der Waals surface area contributed by atoms with E-state index >= 15 is 0 Å². The van der Waals surface area contributed by atoms with Gasteiger partial charge in [0.25, 0.3) is 5.91 Å². The van der Waals surface area contributed by atoms with Crippen molar-refractivity contribution >= 4 is 5.91 Å². The molecule has 0 N–H and O–H groups in total. The fourth-order valence-corrected chi connectivity index (χ4v) is 3.71. The lowest BCUT2D eigenvalue weighted by atomic mass is 10.0. The fourth-order valence-electron chi connectivity index (χ4n) is 3.71. The number of aryl methyl sites for hydroxylation is 3. The highest BCUT2D eigenvalue weighted by atomic mass is 19.4. The lowest BCUT2D eigenvalue weighted by molar-refractivity contribution is -0.143. The maximum atomic E-state index is 13.1. The molecule has 1 saturated heterocycles. The van der Waals surface area contributed by atoms with Gasteiger partial charge >= 0.3 is 6.18 Å². The second kappa shape index (κ2) is 6.75. The summed E-state index contributed by atoms with van der Waals surface area (Å²) in [6.45, 7) is 2.21. The molecule has 4 rings (SSSR count). The van der Waals surface area contributed by atoms with Crippen molar-refractivity contribution in [3.8, 4) is 11.3 Å². The molecule has 0 aliphatic carbocycles. The Labute approximate surface area is 163 Å². The van der Waals surface area contributed by atoms with Crippen LogP contribution in [0.15, 0.2) is 22.9 Å². The summed E-state index contributed by atoms with van der Waals surface area (Å²) in [5, 5.41) is 12.2. The van der Waals surface area contributed by atoms with Crippen LogP contribution in [-0.4, -0.2) is 42.1 Å². The minimum Gasteiger partial charge on any atom is -0.356 e. The van der Waals surface area contributed by atoms with Gasteiger partial charge in [-0.3, -0.25) is 14.2 Å². The minimum absolute atomic E-state index is 0.236. The molecule has 0 radical (unpaired) electrons. The van der Waals surface area contributed by atoms with E-state index in [0.717, 1.165) is 6.07 Å². The smallest absolute Gasteiger partial charge is 0.356 e. The number of carbonyl (C=O) groups is 1. The van der Waals surface area contributed by atoms with Gasteiger partial charge in [-0.15, -0.1) is 0 Å². The quantitative estimate of drug-likeness (QED) is 0.665. The number of halogens is 3. The molecule has 1 fully saturated rings. The van der Waals surface area contributed by atoms with E-state index in [1.165, 1.54) is 11.9 Å². The first-order valence-electron chi connectivity index (χ1n) is 9.04. The van der Waals surface area contributed by atoms with Gasteiger partial charge in [-0.2, -0.15) is 23.4 Å². The van der Waals surface area contributed by atoms with E-state index in [1.54, 1.807) is 30.9 Å². The molecule has 0 spiro atoms. The Hall–Kier alpha value is -3.11. The topological polar surface area (TPSA) is 82.0 Å². The highest BCUT2D eigenvalue weighted by Crippen LogP contribution is 2.38. The van der Waals surface area contributed by atoms with E-state index in [1.807, 2.05) is 0 Å². The Bertz CT molecular complexity index is 1060. The maximum absolute atomic E-state index is 13.1. The number of amides is 1. The van der Waals surface area contributed by atoms with Crippen LogP contribution in [0.2, 0.25) is 0 Å². The Morgan fingerprint density at radius 1 is 1.24 bits per heavy atom. The van der Waals surface area contributed by atoms with Gasteiger partial charge in [-0.05, 0) is 19.8 Å². The van der Waals surface area contributed by atoms with Gasteiger partial charge in [-0.1, -0.05) is 5.16 Å². The third kappa shape index (κ3) is 3.40. The molecule has 11 heteroatoms. The van der Waals surface area contributed by atoms with Gasteiger partial charge in [-0.25, -0.2) is 0 Å². The molecule has 1 amide bonds. The van der Waals surface area contributed by atoms with Crippen molar-refractivity contribution in [2.75, 3.05) is 6.54 Å². The summed E-state index contributed by atoms with van der Waals surface area (Å²) < 4.78 is 46.9. The number of aromatic nitrogens is 5. The highest BCUT2D eigenvalue weighted by molar-refractivity contribution is 5.93. The van der Waals surface area contributed by atoms with Crippen LogP contribution in [0.1, 0.15) is 46.5 Å². The van der Waals surface area contributed by atoms with Gasteiger partial charge in [0.1, 0.15) is 5.69 Å². The molecule has 4 heterocycles. The summed E-state index contributed by atoms with van der Waals surface area (Å²) >= 11 is 0. The second-order valence-corrected chi connectivity index (χ2v) is 7.13. The van der Waals surface area contributed by atoms with Crippen LogP contribution in [0, 0.1) is 6.92 Å². The summed E-state index contributed by atoms with van der Waals surface area (Å²) in [6.07, 6.45) is -1.45. The molecule has 3 aromatic heterocycles. The van der Waals surface area contributed by atoms with Crippen LogP contribution in [0.5, 0.6) is 0 Å². The summed E-state index contributed by atoms with van der Waals surface area (Å²) in [4.78, 5) is 14.5. The molecular formula is C18H19F3N6O2. The van der Waals surface area contributed by atoms with Gasteiger partial charge < -0.3 is 9.42 Å². The van der Waals surface area contributed by atoms with Crippen molar-refractivity contribution in [1.82, 2.24) is 29.6 Å². The fraction of sp³-hybridized carbons (Fsp3) is 0.444. The van der Waals surface area contributed by atoms with E-state index in [0.29, 0.717) is 46.8 Å². The average Bonchev–Trinajstić information content (AvgIpc) is 3.38. The van der Waals surface area contributed by atoms with Crippen molar-refractivity contribution in [2.24, 2.45) is 14.1 Å². The van der Waals surface area contributed by atoms with Gasteiger partial charge in [0.05, 0.1) is 23.0 Å². The van der Waals surface area contributed by atoms with Gasteiger partial charge in [0, 0.05) is 39.0 Å². The third-order valence-corrected chi connectivity index (χ3v) is 4.97. The van der Waals surface area contributed by atoms with Crippen LogP contribution in [-0.2, 0) is 20.3 Å². The lowest BCUT2D eigenvalue weighted by Crippen LogP contribution is -2.31. The molecular weight excluding hydrogens is 389 g/mol. The van der Waals surface area contributed by atoms with E-state index in [9.17, 15) is 18.0 Å². The zero-order valence-electron chi connectivity index (χ0n) is 16.1. The average molecular weight is 408 g/mol. The van der Waals surface area contributed by atoms with Crippen LogP contribution < -0.4 is 0 Å². The largest absolute Gasteiger partial charge is 0.433 e. The maximum Gasteiger partial charge on any atom is 0.433 e. The van der Waals surface area contributed by atoms with E-state index < -0.39 is 17.8 Å². The lowest BCUT2D eigenvalue weighted by Gasteiger charge is -2.23. The Balaban J connectivity index is 1.68. The minimum atomic E-state index is -4.58. The zero-order valence-corrected chi connectivity index (χ0v) is 16.1. The highest BCUT2D eigenvalue weighted by Gasteiger charge is 2.39. The van der Waals surface area contributed by atoms with Crippen molar-refractivity contribution in [3.63, 3.8) is 0 Å². The number of nitrogens with zero attached hydrogens (tertiary/aromatic N) is 6. The molecule has 8 nitrogen and oxygen atoms in total. The molecule has 0 unspecified atom stereocenters.